The quantitative estimate of drug-likeness (QED) is 0.169. The summed E-state index contributed by atoms with van der Waals surface area (Å²) in [5, 5.41) is 0. The van der Waals surface area contributed by atoms with Gasteiger partial charge in [-0.25, -0.2) is 9.59 Å². The molecule has 2 heterocycles. The van der Waals surface area contributed by atoms with Crippen molar-refractivity contribution in [2.75, 3.05) is 52.5 Å². The number of carbonyl (C=O) groups excluding carboxylic acids is 4. The molecule has 0 spiro atoms. The number of rotatable bonds is 19. The molecule has 2 fully saturated rings. The molecule has 0 unspecified atom stereocenters. The first-order chi connectivity index (χ1) is 17.9. The number of urea groups is 2. The average Bonchev–Trinajstić information content (AvgIpc) is 3.28. The van der Waals surface area contributed by atoms with E-state index < -0.39 is 0 Å². The molecule has 2 saturated heterocycles. The molecular formula is C29H52N4O5. The highest BCUT2D eigenvalue weighted by molar-refractivity contribution is 6.02. The molecule has 0 aromatic heterocycles. The number of likely N-dealkylation sites (N-methyl/N-ethyl adjacent to an activating group) is 2. The lowest BCUT2D eigenvalue weighted by Crippen LogP contribution is -2.39. The number of hydrogen-bond acceptors (Lipinski definition) is 5. The van der Waals surface area contributed by atoms with Gasteiger partial charge in [0.1, 0.15) is 13.1 Å². The number of ether oxygens (including phenoxy) is 1. The fourth-order valence-corrected chi connectivity index (χ4v) is 5.28. The Labute approximate surface area is 230 Å². The Bertz CT molecular complexity index is 813. The monoisotopic (exact) mass is 536 g/mol. The number of amides is 6. The summed E-state index contributed by atoms with van der Waals surface area (Å²) in [4.78, 5) is 54.7. The Kier molecular flexibility index (Phi) is 12.5. The highest BCUT2D eigenvalue weighted by Gasteiger charge is 2.38. The van der Waals surface area contributed by atoms with Crippen molar-refractivity contribution >= 4 is 23.9 Å². The van der Waals surface area contributed by atoms with Gasteiger partial charge in [0.25, 0.3) is 0 Å². The van der Waals surface area contributed by atoms with Crippen LogP contribution in [0.5, 0.6) is 0 Å². The van der Waals surface area contributed by atoms with Crippen molar-refractivity contribution < 1.29 is 23.9 Å². The zero-order valence-electron chi connectivity index (χ0n) is 24.9. The van der Waals surface area contributed by atoms with E-state index in [-0.39, 0.29) is 47.8 Å². The number of unbranched alkanes of at least 4 members (excludes halogenated alkanes) is 3. The van der Waals surface area contributed by atoms with E-state index in [0.29, 0.717) is 26.2 Å². The minimum atomic E-state index is -0.157. The molecule has 38 heavy (non-hydrogen) atoms. The second-order valence-corrected chi connectivity index (χ2v) is 12.4. The van der Waals surface area contributed by atoms with Crippen molar-refractivity contribution in [2.45, 2.75) is 99.3 Å². The predicted molar refractivity (Wildman–Crippen MR) is 149 cm³/mol. The molecule has 6 amide bonds. The largest absolute Gasteiger partial charge is 0.381 e. The summed E-state index contributed by atoms with van der Waals surface area (Å²) < 4.78 is 5.85. The van der Waals surface area contributed by atoms with Gasteiger partial charge in [-0.3, -0.25) is 19.4 Å². The molecule has 0 saturated carbocycles. The van der Waals surface area contributed by atoms with Crippen LogP contribution in [0.25, 0.3) is 0 Å². The van der Waals surface area contributed by atoms with Crippen LogP contribution in [-0.4, -0.2) is 96.0 Å². The van der Waals surface area contributed by atoms with E-state index in [0.717, 1.165) is 71.0 Å². The standard InChI is InChI=1S/C29H52N4O5/c1-7-30-21-24(34)32(26(30)36)18-12-9-15-28(3,4)16-10-13-19-38-20-14-11-17-29(5,6)23-33-25(35)22-31(8-2)27(33)37/h7-23H2,1-6H3. The Balaban J connectivity index is 1.48. The summed E-state index contributed by atoms with van der Waals surface area (Å²) in [6.07, 6.45) is 9.22. The number of hydrogen-bond donors (Lipinski definition) is 0. The van der Waals surface area contributed by atoms with Gasteiger partial charge in [0, 0.05) is 39.4 Å². The van der Waals surface area contributed by atoms with Gasteiger partial charge in [0.15, 0.2) is 0 Å². The molecular weight excluding hydrogens is 484 g/mol. The van der Waals surface area contributed by atoms with E-state index in [9.17, 15) is 19.2 Å². The fourth-order valence-electron chi connectivity index (χ4n) is 5.28. The lowest BCUT2D eigenvalue weighted by Gasteiger charge is -2.29. The maximum Gasteiger partial charge on any atom is 0.327 e. The first-order valence-electron chi connectivity index (χ1n) is 14.7. The normalized spacial score (nSPS) is 17.1. The van der Waals surface area contributed by atoms with Gasteiger partial charge in [0.05, 0.1) is 0 Å². The van der Waals surface area contributed by atoms with Crippen molar-refractivity contribution in [3.8, 4) is 0 Å². The lowest BCUT2D eigenvalue weighted by atomic mass is 9.82. The zero-order valence-corrected chi connectivity index (χ0v) is 24.9. The fraction of sp³-hybridized carbons (Fsp3) is 0.862. The maximum absolute atomic E-state index is 12.3. The van der Waals surface area contributed by atoms with Gasteiger partial charge in [-0.05, 0) is 63.2 Å². The van der Waals surface area contributed by atoms with Gasteiger partial charge in [0.2, 0.25) is 11.8 Å². The van der Waals surface area contributed by atoms with Crippen molar-refractivity contribution in [1.82, 2.24) is 19.6 Å². The van der Waals surface area contributed by atoms with Crippen LogP contribution in [0.15, 0.2) is 0 Å². The van der Waals surface area contributed by atoms with E-state index in [1.54, 1.807) is 9.80 Å². The van der Waals surface area contributed by atoms with E-state index >= 15 is 0 Å². The van der Waals surface area contributed by atoms with Gasteiger partial charge in [-0.1, -0.05) is 47.0 Å². The van der Waals surface area contributed by atoms with E-state index in [1.807, 2.05) is 13.8 Å². The van der Waals surface area contributed by atoms with Crippen LogP contribution >= 0.6 is 0 Å². The van der Waals surface area contributed by atoms with Crippen molar-refractivity contribution in [1.29, 1.82) is 0 Å². The van der Waals surface area contributed by atoms with Crippen LogP contribution in [0.3, 0.4) is 0 Å². The molecule has 2 aliphatic heterocycles. The number of imide groups is 2. The second-order valence-electron chi connectivity index (χ2n) is 12.4. The molecule has 0 aliphatic carbocycles. The molecule has 0 bridgehead atoms. The summed E-state index contributed by atoms with van der Waals surface area (Å²) >= 11 is 0. The van der Waals surface area contributed by atoms with E-state index in [4.69, 9.17) is 4.74 Å². The second kappa shape index (κ2) is 14.8. The molecule has 9 nitrogen and oxygen atoms in total. The molecule has 9 heteroatoms. The summed E-state index contributed by atoms with van der Waals surface area (Å²) in [7, 11) is 0. The molecule has 218 valence electrons. The molecule has 0 N–H and O–H groups in total. The molecule has 0 aromatic rings. The van der Waals surface area contributed by atoms with Crippen LogP contribution in [0.1, 0.15) is 99.3 Å². The van der Waals surface area contributed by atoms with Gasteiger partial charge >= 0.3 is 12.1 Å². The van der Waals surface area contributed by atoms with E-state index in [1.165, 1.54) is 9.80 Å². The summed E-state index contributed by atoms with van der Waals surface area (Å²) in [6, 6.07) is -0.297. The third-order valence-corrected chi connectivity index (χ3v) is 7.88. The Morgan fingerprint density at radius 3 is 1.58 bits per heavy atom. The molecule has 0 radical (unpaired) electrons. The van der Waals surface area contributed by atoms with Crippen molar-refractivity contribution in [3.05, 3.63) is 0 Å². The maximum atomic E-state index is 12.3. The predicted octanol–water partition coefficient (Wildman–Crippen LogP) is 5.13. The third-order valence-electron chi connectivity index (χ3n) is 7.88. The molecule has 0 aromatic carbocycles. The van der Waals surface area contributed by atoms with Crippen LogP contribution in [0.4, 0.5) is 9.59 Å². The highest BCUT2D eigenvalue weighted by atomic mass is 16.5. The Hall–Kier alpha value is -2.16. The average molecular weight is 537 g/mol. The summed E-state index contributed by atoms with van der Waals surface area (Å²) in [5.41, 5.74) is 0.141. The Morgan fingerprint density at radius 1 is 0.632 bits per heavy atom. The molecule has 2 aliphatic rings. The Morgan fingerprint density at radius 2 is 1.08 bits per heavy atom. The van der Waals surface area contributed by atoms with Crippen LogP contribution in [-0.2, 0) is 14.3 Å². The van der Waals surface area contributed by atoms with Gasteiger partial charge in [-0.2, -0.15) is 0 Å². The van der Waals surface area contributed by atoms with Crippen LogP contribution < -0.4 is 0 Å². The van der Waals surface area contributed by atoms with Crippen molar-refractivity contribution in [3.63, 3.8) is 0 Å². The lowest BCUT2D eigenvalue weighted by molar-refractivity contribution is -0.126. The number of nitrogens with zero attached hydrogens (tertiary/aromatic N) is 4. The molecule has 2 rings (SSSR count). The van der Waals surface area contributed by atoms with E-state index in [2.05, 4.69) is 27.7 Å². The third kappa shape index (κ3) is 9.86. The zero-order chi connectivity index (χ0) is 28.3. The SMILES string of the molecule is CCN1CC(=O)N(CCCCC(C)(C)CCCCOCCCCC(C)(C)CN2C(=O)CN(CC)C2=O)C1=O. The summed E-state index contributed by atoms with van der Waals surface area (Å²) in [6.45, 7) is 16.7. The van der Waals surface area contributed by atoms with Gasteiger partial charge < -0.3 is 14.5 Å². The smallest absolute Gasteiger partial charge is 0.327 e. The minimum Gasteiger partial charge on any atom is -0.381 e. The van der Waals surface area contributed by atoms with Crippen LogP contribution in [0.2, 0.25) is 0 Å². The highest BCUT2D eigenvalue weighted by Crippen LogP contribution is 2.30. The topological polar surface area (TPSA) is 90.5 Å². The van der Waals surface area contributed by atoms with Crippen LogP contribution in [0, 0.1) is 10.8 Å². The minimum absolute atomic E-state index is 0.0710. The first kappa shape index (κ1) is 32.1. The number of carbonyl (C=O) groups is 4. The molecule has 0 atom stereocenters. The summed E-state index contributed by atoms with van der Waals surface area (Å²) in [5.74, 6) is -0.159. The first-order valence-corrected chi connectivity index (χ1v) is 14.7. The van der Waals surface area contributed by atoms with Crippen molar-refractivity contribution in [2.24, 2.45) is 10.8 Å². The van der Waals surface area contributed by atoms with Gasteiger partial charge in [-0.15, -0.1) is 0 Å².